The SMILES string of the molecule is Cc1cccc2sc(NCC[NH+]3CCOCC3)[nH+]c12. The van der Waals surface area contributed by atoms with Crippen LogP contribution in [0.25, 0.3) is 10.2 Å². The van der Waals surface area contributed by atoms with Gasteiger partial charge in [0.25, 0.3) is 0 Å². The van der Waals surface area contributed by atoms with Gasteiger partial charge in [-0.05, 0) is 29.9 Å². The smallest absolute Gasteiger partial charge is 0.332 e. The number of fused-ring (bicyclic) bond motifs is 1. The minimum absolute atomic E-state index is 0.906. The molecule has 5 heteroatoms. The number of rotatable bonds is 4. The fourth-order valence-corrected chi connectivity index (χ4v) is 3.49. The van der Waals surface area contributed by atoms with Gasteiger partial charge in [0, 0.05) is 0 Å². The van der Waals surface area contributed by atoms with Crippen molar-refractivity contribution >= 4 is 26.7 Å². The lowest BCUT2D eigenvalue weighted by molar-refractivity contribution is -0.906. The van der Waals surface area contributed by atoms with Gasteiger partial charge in [0.2, 0.25) is 0 Å². The Morgan fingerprint density at radius 1 is 1.37 bits per heavy atom. The summed E-state index contributed by atoms with van der Waals surface area (Å²) in [6, 6.07) is 6.43. The highest BCUT2D eigenvalue weighted by Gasteiger charge is 2.15. The Balaban J connectivity index is 1.57. The number of nitrogens with one attached hydrogen (secondary N) is 3. The average Bonchev–Trinajstić information content (AvgIpc) is 2.84. The normalized spacial score (nSPS) is 16.9. The van der Waals surface area contributed by atoms with Gasteiger partial charge in [-0.2, -0.15) is 0 Å². The molecule has 0 unspecified atom stereocenters. The van der Waals surface area contributed by atoms with Crippen LogP contribution in [0.5, 0.6) is 0 Å². The number of hydrogen-bond donors (Lipinski definition) is 2. The number of quaternary nitrogens is 1. The van der Waals surface area contributed by atoms with Crippen molar-refractivity contribution in [2.75, 3.05) is 44.7 Å². The molecule has 1 aliphatic rings. The minimum Gasteiger partial charge on any atom is -0.370 e. The van der Waals surface area contributed by atoms with Gasteiger partial charge < -0.3 is 9.64 Å². The number of aromatic nitrogens is 1. The van der Waals surface area contributed by atoms with E-state index in [0.717, 1.165) is 44.5 Å². The van der Waals surface area contributed by atoms with Crippen LogP contribution in [0.3, 0.4) is 0 Å². The lowest BCUT2D eigenvalue weighted by Crippen LogP contribution is -3.14. The van der Waals surface area contributed by atoms with Gasteiger partial charge >= 0.3 is 5.13 Å². The van der Waals surface area contributed by atoms with Crippen LogP contribution < -0.4 is 15.2 Å². The molecular formula is C14H21N3OS+2. The van der Waals surface area contributed by atoms with Gasteiger partial charge in [0.05, 0.1) is 17.9 Å². The standard InChI is InChI=1S/C14H19N3OS/c1-11-3-2-4-12-13(11)16-14(19-12)15-5-6-17-7-9-18-10-8-17/h2-4H,5-10H2,1H3,(H,15,16)/p+2. The topological polar surface area (TPSA) is 39.8 Å². The van der Waals surface area contributed by atoms with Crippen molar-refractivity contribution in [3.8, 4) is 0 Å². The molecule has 1 aliphatic heterocycles. The summed E-state index contributed by atoms with van der Waals surface area (Å²) >= 11 is 1.80. The summed E-state index contributed by atoms with van der Waals surface area (Å²) in [5, 5.41) is 4.67. The molecule has 2 heterocycles. The molecule has 1 fully saturated rings. The van der Waals surface area contributed by atoms with Gasteiger partial charge in [-0.15, -0.1) is 0 Å². The number of ether oxygens (including phenoxy) is 1. The maximum absolute atomic E-state index is 5.37. The first-order chi connectivity index (χ1) is 9.33. The van der Waals surface area contributed by atoms with E-state index in [9.17, 15) is 0 Å². The fourth-order valence-electron chi connectivity index (χ4n) is 2.48. The maximum atomic E-state index is 5.37. The molecule has 1 aromatic heterocycles. The van der Waals surface area contributed by atoms with Crippen molar-refractivity contribution in [1.82, 2.24) is 0 Å². The average molecular weight is 279 g/mol. The van der Waals surface area contributed by atoms with Crippen LogP contribution in [0.1, 0.15) is 5.56 Å². The summed E-state index contributed by atoms with van der Waals surface area (Å²) in [4.78, 5) is 5.11. The van der Waals surface area contributed by atoms with Crippen LogP contribution in [0.2, 0.25) is 0 Å². The van der Waals surface area contributed by atoms with Crippen molar-refractivity contribution in [2.45, 2.75) is 6.92 Å². The van der Waals surface area contributed by atoms with E-state index in [0.29, 0.717) is 0 Å². The van der Waals surface area contributed by atoms with Gasteiger partial charge in [-0.1, -0.05) is 12.1 Å². The zero-order valence-electron chi connectivity index (χ0n) is 11.3. The Bertz CT molecular complexity index is 549. The maximum Gasteiger partial charge on any atom is 0.332 e. The Morgan fingerprint density at radius 2 is 2.21 bits per heavy atom. The number of aryl methyl sites for hydroxylation is 1. The molecule has 1 aromatic carbocycles. The molecule has 0 radical (unpaired) electrons. The van der Waals surface area contributed by atoms with E-state index in [1.54, 1.807) is 16.2 Å². The zero-order valence-corrected chi connectivity index (χ0v) is 12.1. The molecule has 4 nitrogen and oxygen atoms in total. The van der Waals surface area contributed by atoms with Crippen molar-refractivity contribution in [1.29, 1.82) is 0 Å². The Hall–Kier alpha value is -1.17. The molecule has 0 saturated carbocycles. The molecule has 0 atom stereocenters. The third-order valence-corrected chi connectivity index (χ3v) is 4.66. The van der Waals surface area contributed by atoms with Gasteiger partial charge in [-0.25, -0.2) is 4.98 Å². The van der Waals surface area contributed by atoms with Crippen molar-refractivity contribution in [3.05, 3.63) is 23.8 Å². The molecule has 3 N–H and O–H groups in total. The minimum atomic E-state index is 0.906. The first-order valence-electron chi connectivity index (χ1n) is 6.89. The molecule has 3 rings (SSSR count). The Labute approximate surface area is 117 Å². The molecule has 0 amide bonds. The molecule has 0 bridgehead atoms. The van der Waals surface area contributed by atoms with Crippen LogP contribution in [0.15, 0.2) is 18.2 Å². The number of anilines is 1. The highest BCUT2D eigenvalue weighted by Crippen LogP contribution is 2.23. The monoisotopic (exact) mass is 279 g/mol. The molecular weight excluding hydrogens is 258 g/mol. The van der Waals surface area contributed by atoms with Crippen LogP contribution in [-0.2, 0) is 4.74 Å². The zero-order chi connectivity index (χ0) is 13.1. The third kappa shape index (κ3) is 3.05. The molecule has 1 saturated heterocycles. The molecule has 0 aliphatic carbocycles. The largest absolute Gasteiger partial charge is 0.370 e. The number of aromatic amines is 1. The summed E-state index contributed by atoms with van der Waals surface area (Å²) in [6.07, 6.45) is 0. The summed E-state index contributed by atoms with van der Waals surface area (Å²) in [5.41, 5.74) is 2.56. The number of benzene rings is 1. The van der Waals surface area contributed by atoms with E-state index in [1.165, 1.54) is 15.8 Å². The second-order valence-electron chi connectivity index (χ2n) is 5.04. The quantitative estimate of drug-likeness (QED) is 0.848. The van der Waals surface area contributed by atoms with E-state index in [1.807, 2.05) is 0 Å². The van der Waals surface area contributed by atoms with Crippen LogP contribution in [-0.4, -0.2) is 39.4 Å². The second-order valence-corrected chi connectivity index (χ2v) is 6.10. The van der Waals surface area contributed by atoms with Gasteiger partial charge in [0.1, 0.15) is 31.7 Å². The number of hydrogen-bond acceptors (Lipinski definition) is 3. The number of para-hydroxylation sites is 1. The third-order valence-electron chi connectivity index (χ3n) is 3.65. The molecule has 102 valence electrons. The van der Waals surface area contributed by atoms with E-state index in [2.05, 4.69) is 35.4 Å². The van der Waals surface area contributed by atoms with E-state index in [4.69, 9.17) is 4.74 Å². The van der Waals surface area contributed by atoms with E-state index >= 15 is 0 Å². The van der Waals surface area contributed by atoms with Crippen LogP contribution >= 0.6 is 11.3 Å². The lowest BCUT2D eigenvalue weighted by atomic mass is 10.2. The summed E-state index contributed by atoms with van der Waals surface area (Å²) in [7, 11) is 0. The second kappa shape index (κ2) is 5.86. The van der Waals surface area contributed by atoms with E-state index < -0.39 is 0 Å². The number of thiazole rings is 1. The first kappa shape index (κ1) is 12.8. The Kier molecular flexibility index (Phi) is 3.96. The first-order valence-corrected chi connectivity index (χ1v) is 7.71. The van der Waals surface area contributed by atoms with Gasteiger partial charge in [0.15, 0.2) is 0 Å². The highest BCUT2D eigenvalue weighted by molar-refractivity contribution is 7.21. The van der Waals surface area contributed by atoms with Gasteiger partial charge in [-0.3, -0.25) is 5.32 Å². The fraction of sp³-hybridized carbons (Fsp3) is 0.500. The summed E-state index contributed by atoms with van der Waals surface area (Å²) in [6.45, 7) is 8.40. The van der Waals surface area contributed by atoms with Crippen LogP contribution in [0.4, 0.5) is 5.13 Å². The van der Waals surface area contributed by atoms with E-state index in [-0.39, 0.29) is 0 Å². The van der Waals surface area contributed by atoms with Crippen molar-refractivity contribution in [2.24, 2.45) is 0 Å². The highest BCUT2D eigenvalue weighted by atomic mass is 32.1. The Morgan fingerprint density at radius 3 is 3.00 bits per heavy atom. The lowest BCUT2D eigenvalue weighted by Gasteiger charge is -2.22. The summed E-state index contributed by atoms with van der Waals surface area (Å²) in [5.74, 6) is 0. The predicted octanol–water partition coefficient (Wildman–Crippen LogP) is 0.351. The van der Waals surface area contributed by atoms with Crippen LogP contribution in [0, 0.1) is 6.92 Å². The molecule has 0 spiro atoms. The molecule has 2 aromatic rings. The predicted molar refractivity (Wildman–Crippen MR) is 78.0 cm³/mol. The van der Waals surface area contributed by atoms with Crippen molar-refractivity contribution in [3.63, 3.8) is 0 Å². The molecule has 19 heavy (non-hydrogen) atoms. The summed E-state index contributed by atoms with van der Waals surface area (Å²) < 4.78 is 6.69. The van der Waals surface area contributed by atoms with Crippen molar-refractivity contribution < 1.29 is 14.6 Å². The number of morpholine rings is 1. The number of H-pyrrole nitrogens is 1.